The largest absolute Gasteiger partial charge is 0.368 e. The molecule has 12 nitrogen and oxygen atoms in total. The Morgan fingerprint density at radius 2 is 1.56 bits per heavy atom. The summed E-state index contributed by atoms with van der Waals surface area (Å²) < 4.78 is 20.3. The zero-order valence-corrected chi connectivity index (χ0v) is 17.1. The molecule has 0 radical (unpaired) electrons. The van der Waals surface area contributed by atoms with Crippen LogP contribution in [0, 0.1) is 0 Å². The third-order valence-electron chi connectivity index (χ3n) is 3.14. The number of guanidine groups is 1. The van der Waals surface area contributed by atoms with E-state index < -0.39 is 11.9 Å². The van der Waals surface area contributed by atoms with Crippen molar-refractivity contribution in [1.29, 1.82) is 0 Å². The fraction of sp³-hybridized carbons (Fsp3) is 0.933. The van der Waals surface area contributed by atoms with Gasteiger partial charge in [0.1, 0.15) is 0 Å². The van der Waals surface area contributed by atoms with Gasteiger partial charge in [-0.05, 0) is 41.5 Å². The van der Waals surface area contributed by atoms with E-state index in [0.717, 1.165) is 10.1 Å². The molecule has 2 unspecified atom stereocenters. The quantitative estimate of drug-likeness (QED) is 0.276. The van der Waals surface area contributed by atoms with Gasteiger partial charge in [0.15, 0.2) is 1.41 Å². The molecule has 0 amide bonds. The minimum atomic E-state index is -1.94. The zero-order valence-electron chi connectivity index (χ0n) is 18.1. The predicted molar refractivity (Wildman–Crippen MR) is 96.8 cm³/mol. The Hall–Kier alpha value is -1.09. The van der Waals surface area contributed by atoms with Gasteiger partial charge in [0.2, 0.25) is 5.96 Å². The van der Waals surface area contributed by atoms with Crippen molar-refractivity contribution in [2.24, 2.45) is 10.7 Å². The SMILES string of the molecule is [2H]N(OCC)C1(OCC)N(OCC)C(N)=NC(NOCC)(OCC)N1OCC. The maximum atomic E-state index is 8.52. The summed E-state index contributed by atoms with van der Waals surface area (Å²) in [6.07, 6.45) is 0. The van der Waals surface area contributed by atoms with Crippen molar-refractivity contribution in [2.45, 2.75) is 53.5 Å². The second kappa shape index (κ2) is 11.7. The molecular formula is C15H34N6O6. The Labute approximate surface area is 162 Å². The van der Waals surface area contributed by atoms with Gasteiger partial charge in [0, 0.05) is 13.2 Å². The topological polar surface area (TPSA) is 124 Å². The fourth-order valence-electron chi connectivity index (χ4n) is 2.37. The molecule has 0 saturated heterocycles. The molecule has 2 atom stereocenters. The van der Waals surface area contributed by atoms with Crippen LogP contribution in [0.3, 0.4) is 0 Å². The molecule has 4 N–H and O–H groups in total. The van der Waals surface area contributed by atoms with Crippen molar-refractivity contribution in [1.82, 2.24) is 21.1 Å². The number of hydroxylamine groups is 6. The summed E-state index contributed by atoms with van der Waals surface area (Å²) in [6.45, 7) is 11.8. The summed E-state index contributed by atoms with van der Waals surface area (Å²) in [5, 5.41) is 2.25. The number of hydrogen-bond acceptors (Lipinski definition) is 12. The van der Waals surface area contributed by atoms with E-state index in [2.05, 4.69) is 10.5 Å². The summed E-state index contributed by atoms with van der Waals surface area (Å²) in [4.78, 5) is 26.6. The lowest BCUT2D eigenvalue weighted by molar-refractivity contribution is -0.505. The maximum absolute atomic E-state index is 8.52. The van der Waals surface area contributed by atoms with Gasteiger partial charge in [0.25, 0.3) is 0 Å². The lowest BCUT2D eigenvalue weighted by atomic mass is 10.4. The predicted octanol–water partition coefficient (Wildman–Crippen LogP) is 0.200. The molecule has 1 aliphatic heterocycles. The smallest absolute Gasteiger partial charge is 0.338 e. The average molecular weight is 395 g/mol. The standard InChI is InChI=1S/C15H34N6O6/c1-7-22-14(18-24-9-3)17-13(16)20(26-11-5)15(23-8-2,19-25-10-4)21(14)27-12-6/h18-19H,7-12H2,1-6H3,(H2,16,17)/i/hD. The van der Waals surface area contributed by atoms with Crippen LogP contribution in [-0.4, -0.2) is 67.7 Å². The van der Waals surface area contributed by atoms with Gasteiger partial charge in [-0.25, -0.2) is 0 Å². The number of rotatable bonds is 14. The molecule has 0 aromatic heterocycles. The Kier molecular flexibility index (Phi) is 9.61. The molecule has 1 rings (SSSR count). The van der Waals surface area contributed by atoms with E-state index in [0.29, 0.717) is 12.1 Å². The van der Waals surface area contributed by atoms with Crippen LogP contribution in [0.15, 0.2) is 4.99 Å². The average Bonchev–Trinajstić information content (AvgIpc) is 2.66. The van der Waals surface area contributed by atoms with Crippen molar-refractivity contribution in [3.8, 4) is 0 Å². The number of aliphatic imine (C=N–C) groups is 1. The minimum absolute atomic E-state index is 0.135. The minimum Gasteiger partial charge on any atom is -0.368 e. The third-order valence-corrected chi connectivity index (χ3v) is 3.14. The first-order valence-electron chi connectivity index (χ1n) is 9.69. The van der Waals surface area contributed by atoms with E-state index in [1.807, 2.05) is 0 Å². The highest BCUT2D eigenvalue weighted by molar-refractivity contribution is 5.78. The van der Waals surface area contributed by atoms with Crippen LogP contribution >= 0.6 is 0 Å². The normalized spacial score (nSPS) is 27.1. The molecule has 160 valence electrons. The van der Waals surface area contributed by atoms with Crippen LogP contribution in [-0.2, 0) is 28.8 Å². The highest BCUT2D eigenvalue weighted by atomic mass is 16.9. The molecule has 27 heavy (non-hydrogen) atoms. The van der Waals surface area contributed by atoms with Gasteiger partial charge in [-0.1, -0.05) is 5.06 Å². The van der Waals surface area contributed by atoms with Crippen LogP contribution in [0.2, 0.25) is 1.41 Å². The summed E-state index contributed by atoms with van der Waals surface area (Å²) >= 11 is 0. The fourth-order valence-corrected chi connectivity index (χ4v) is 2.37. The van der Waals surface area contributed by atoms with Crippen molar-refractivity contribution in [3.63, 3.8) is 0 Å². The first-order chi connectivity index (χ1) is 13.4. The molecule has 0 bridgehead atoms. The number of nitrogens with zero attached hydrogens (tertiary/aromatic N) is 3. The van der Waals surface area contributed by atoms with E-state index in [9.17, 15) is 0 Å². The highest BCUT2D eigenvalue weighted by Gasteiger charge is 2.62. The second-order valence-electron chi connectivity index (χ2n) is 4.99. The molecule has 0 aliphatic carbocycles. The molecular weight excluding hydrogens is 360 g/mol. The first-order valence-corrected chi connectivity index (χ1v) is 9.24. The Morgan fingerprint density at radius 1 is 0.926 bits per heavy atom. The van der Waals surface area contributed by atoms with E-state index in [4.69, 9.17) is 36.0 Å². The molecule has 0 aromatic rings. The van der Waals surface area contributed by atoms with Crippen LogP contribution in [0.5, 0.6) is 0 Å². The van der Waals surface area contributed by atoms with Crippen molar-refractivity contribution < 1.29 is 30.2 Å². The number of ether oxygens (including phenoxy) is 2. The lowest BCUT2D eigenvalue weighted by Crippen LogP contribution is -2.82. The highest BCUT2D eigenvalue weighted by Crippen LogP contribution is 2.34. The first kappa shape index (κ1) is 22.2. The van der Waals surface area contributed by atoms with Gasteiger partial charge in [0.05, 0.1) is 26.4 Å². The van der Waals surface area contributed by atoms with Crippen LogP contribution in [0.1, 0.15) is 41.5 Å². The summed E-state index contributed by atoms with van der Waals surface area (Å²) in [5.41, 5.74) is 9.58. The van der Waals surface area contributed by atoms with Crippen LogP contribution in [0.4, 0.5) is 0 Å². The Balaban J connectivity index is 3.71. The van der Waals surface area contributed by atoms with Crippen molar-refractivity contribution in [3.05, 3.63) is 0 Å². The molecule has 0 fully saturated rings. The molecule has 12 heteroatoms. The Morgan fingerprint density at radius 3 is 2.07 bits per heavy atom. The Bertz CT molecular complexity index is 492. The summed E-state index contributed by atoms with van der Waals surface area (Å²) in [6, 6.07) is 0. The molecule has 0 aromatic carbocycles. The molecule has 0 saturated carbocycles. The van der Waals surface area contributed by atoms with Gasteiger partial charge < -0.3 is 15.2 Å². The van der Waals surface area contributed by atoms with Gasteiger partial charge in [-0.3, -0.25) is 19.4 Å². The lowest BCUT2D eigenvalue weighted by Gasteiger charge is -2.54. The zero-order chi connectivity index (χ0) is 21.2. The van der Waals surface area contributed by atoms with E-state index in [1.165, 1.54) is 0 Å². The molecule has 1 heterocycles. The van der Waals surface area contributed by atoms with E-state index in [-0.39, 0.29) is 39.0 Å². The van der Waals surface area contributed by atoms with Crippen molar-refractivity contribution in [2.75, 3.05) is 39.6 Å². The number of hydrogen-bond donors (Lipinski definition) is 3. The molecule has 0 spiro atoms. The number of nitrogens with one attached hydrogen (secondary N) is 2. The molecule has 1 aliphatic rings. The van der Waals surface area contributed by atoms with Gasteiger partial charge >= 0.3 is 11.9 Å². The maximum Gasteiger partial charge on any atom is 0.338 e. The van der Waals surface area contributed by atoms with Gasteiger partial charge in [-0.15, -0.1) is 11.0 Å². The summed E-state index contributed by atoms with van der Waals surface area (Å²) in [5.74, 6) is -3.85. The van der Waals surface area contributed by atoms with Gasteiger partial charge in [-0.2, -0.15) is 10.1 Å². The third kappa shape index (κ3) is 5.25. The van der Waals surface area contributed by atoms with E-state index in [1.54, 1.807) is 41.5 Å². The van der Waals surface area contributed by atoms with E-state index >= 15 is 0 Å². The second-order valence-corrected chi connectivity index (χ2v) is 4.99. The summed E-state index contributed by atoms with van der Waals surface area (Å²) in [7, 11) is 0. The van der Waals surface area contributed by atoms with Crippen molar-refractivity contribution >= 4 is 5.96 Å². The van der Waals surface area contributed by atoms with Crippen LogP contribution in [0.25, 0.3) is 0 Å². The number of nitrogens with two attached hydrogens (primary N) is 1. The monoisotopic (exact) mass is 395 g/mol. The van der Waals surface area contributed by atoms with Crippen LogP contribution < -0.4 is 16.7 Å².